The molecule has 5 rings (SSSR count). The summed E-state index contributed by atoms with van der Waals surface area (Å²) in [6.45, 7) is 2.64. The van der Waals surface area contributed by atoms with Crippen molar-refractivity contribution in [1.82, 2.24) is 9.29 Å². The van der Waals surface area contributed by atoms with Crippen LogP contribution in [0.1, 0.15) is 16.7 Å². The van der Waals surface area contributed by atoms with E-state index in [0.29, 0.717) is 13.1 Å². The van der Waals surface area contributed by atoms with Gasteiger partial charge in [0.25, 0.3) is 0 Å². The summed E-state index contributed by atoms with van der Waals surface area (Å²) >= 11 is 1.53. The van der Waals surface area contributed by atoms with Crippen LogP contribution in [-0.2, 0) is 23.1 Å². The lowest BCUT2D eigenvalue weighted by molar-refractivity contribution is 0.401. The molecular formula is C30H27N3O2S2. The van der Waals surface area contributed by atoms with Crippen LogP contribution < -0.4 is 5.32 Å². The number of anilines is 2. The predicted octanol–water partition coefficient (Wildman–Crippen LogP) is 7.25. The van der Waals surface area contributed by atoms with Crippen molar-refractivity contribution in [3.63, 3.8) is 0 Å². The fourth-order valence-electron chi connectivity index (χ4n) is 3.97. The second-order valence-electron chi connectivity index (χ2n) is 8.79. The Balaban J connectivity index is 1.37. The van der Waals surface area contributed by atoms with Gasteiger partial charge >= 0.3 is 0 Å². The molecular weight excluding hydrogens is 498 g/mol. The Hall–Kier alpha value is -3.78. The summed E-state index contributed by atoms with van der Waals surface area (Å²) in [6, 6.07) is 34.5. The molecule has 0 fully saturated rings. The number of nitrogens with zero attached hydrogens (tertiary/aromatic N) is 2. The Kier molecular flexibility index (Phi) is 7.46. The Morgan fingerprint density at radius 2 is 1.32 bits per heavy atom. The molecule has 4 aromatic carbocycles. The number of thiazole rings is 1. The molecule has 1 aromatic heterocycles. The number of benzene rings is 4. The smallest absolute Gasteiger partial charge is 0.243 e. The normalized spacial score (nSPS) is 11.5. The number of hydrogen-bond acceptors (Lipinski definition) is 5. The summed E-state index contributed by atoms with van der Waals surface area (Å²) in [4.78, 5) is 5.72. The average Bonchev–Trinajstić information content (AvgIpc) is 3.39. The zero-order valence-electron chi connectivity index (χ0n) is 20.4. The van der Waals surface area contributed by atoms with Crippen LogP contribution in [0.25, 0.3) is 10.4 Å². The maximum absolute atomic E-state index is 13.7. The van der Waals surface area contributed by atoms with Gasteiger partial charge in [0.15, 0.2) is 5.13 Å². The first-order valence-electron chi connectivity index (χ1n) is 12.0. The van der Waals surface area contributed by atoms with E-state index >= 15 is 0 Å². The highest BCUT2D eigenvalue weighted by molar-refractivity contribution is 7.89. The molecule has 7 heteroatoms. The van der Waals surface area contributed by atoms with Crippen molar-refractivity contribution in [3.8, 4) is 10.4 Å². The van der Waals surface area contributed by atoms with Gasteiger partial charge in [-0.2, -0.15) is 4.31 Å². The Labute approximate surface area is 222 Å². The molecule has 0 saturated heterocycles. The molecule has 0 aliphatic heterocycles. The highest BCUT2D eigenvalue weighted by Gasteiger charge is 2.25. The highest BCUT2D eigenvalue weighted by Crippen LogP contribution is 2.32. The van der Waals surface area contributed by atoms with Crippen LogP contribution in [-0.4, -0.2) is 17.7 Å². The molecule has 0 amide bonds. The fourth-order valence-corrected chi connectivity index (χ4v) is 6.22. The largest absolute Gasteiger partial charge is 0.332 e. The molecule has 5 nitrogen and oxygen atoms in total. The van der Waals surface area contributed by atoms with Crippen LogP contribution in [0, 0.1) is 6.92 Å². The van der Waals surface area contributed by atoms with E-state index in [2.05, 4.69) is 29.4 Å². The first kappa shape index (κ1) is 24.9. The van der Waals surface area contributed by atoms with Gasteiger partial charge in [0, 0.05) is 25.0 Å². The maximum atomic E-state index is 13.7. The van der Waals surface area contributed by atoms with Gasteiger partial charge in [-0.05, 0) is 47.9 Å². The van der Waals surface area contributed by atoms with E-state index in [0.717, 1.165) is 32.4 Å². The molecule has 0 bridgehead atoms. The second-order valence-corrected chi connectivity index (χ2v) is 11.8. The molecule has 37 heavy (non-hydrogen) atoms. The van der Waals surface area contributed by atoms with Crippen molar-refractivity contribution in [2.24, 2.45) is 0 Å². The molecule has 1 heterocycles. The molecule has 0 radical (unpaired) electrons. The van der Waals surface area contributed by atoms with Crippen LogP contribution >= 0.6 is 11.3 Å². The lowest BCUT2D eigenvalue weighted by atomic mass is 10.2. The van der Waals surface area contributed by atoms with Gasteiger partial charge < -0.3 is 5.32 Å². The number of aryl methyl sites for hydroxylation is 1. The molecule has 0 aliphatic rings. The standard InChI is InChI=1S/C30H27N3O2S2/c1-23-12-16-27(17-13-23)32-30-31-20-29(36-30)26-14-18-28(19-15-26)37(34,35)33(21-24-8-4-2-5-9-24)22-25-10-6-3-7-11-25/h2-20H,21-22H2,1H3,(H,31,32). The average molecular weight is 526 g/mol. The van der Waals surface area contributed by atoms with E-state index in [1.165, 1.54) is 21.2 Å². The zero-order valence-corrected chi connectivity index (χ0v) is 22.0. The number of nitrogens with one attached hydrogen (secondary N) is 1. The third-order valence-corrected chi connectivity index (χ3v) is 8.76. The quantitative estimate of drug-likeness (QED) is 0.220. The monoisotopic (exact) mass is 525 g/mol. The van der Waals surface area contributed by atoms with Gasteiger partial charge in [0.1, 0.15) is 0 Å². The van der Waals surface area contributed by atoms with Crippen molar-refractivity contribution in [1.29, 1.82) is 0 Å². The molecule has 186 valence electrons. The third-order valence-electron chi connectivity index (χ3n) is 5.99. The minimum Gasteiger partial charge on any atom is -0.332 e. The van der Waals surface area contributed by atoms with Gasteiger partial charge in [0.2, 0.25) is 10.0 Å². The van der Waals surface area contributed by atoms with E-state index in [1.807, 2.05) is 91.1 Å². The first-order valence-corrected chi connectivity index (χ1v) is 14.2. The van der Waals surface area contributed by atoms with Crippen LogP contribution in [0.3, 0.4) is 0 Å². The molecule has 0 saturated carbocycles. The van der Waals surface area contributed by atoms with Crippen molar-refractivity contribution in [2.75, 3.05) is 5.32 Å². The van der Waals surface area contributed by atoms with Gasteiger partial charge in [0.05, 0.1) is 9.77 Å². The summed E-state index contributed by atoms with van der Waals surface area (Å²) in [5, 5.41) is 4.11. The van der Waals surface area contributed by atoms with E-state index < -0.39 is 10.0 Å². The van der Waals surface area contributed by atoms with Crippen LogP contribution in [0.5, 0.6) is 0 Å². The molecule has 1 N–H and O–H groups in total. The summed E-state index contributed by atoms with van der Waals surface area (Å²) < 4.78 is 29.0. The SMILES string of the molecule is Cc1ccc(Nc2ncc(-c3ccc(S(=O)(=O)N(Cc4ccccc4)Cc4ccccc4)cc3)s2)cc1. The van der Waals surface area contributed by atoms with Gasteiger partial charge in [-0.25, -0.2) is 13.4 Å². The summed E-state index contributed by atoms with van der Waals surface area (Å²) in [5.74, 6) is 0. The predicted molar refractivity (Wildman–Crippen MR) is 151 cm³/mol. The first-order chi connectivity index (χ1) is 18.0. The highest BCUT2D eigenvalue weighted by atomic mass is 32.2. The molecule has 0 atom stereocenters. The maximum Gasteiger partial charge on any atom is 0.243 e. The topological polar surface area (TPSA) is 62.3 Å². The van der Waals surface area contributed by atoms with Crippen molar-refractivity contribution in [2.45, 2.75) is 24.9 Å². The number of sulfonamides is 1. The summed E-state index contributed by atoms with van der Waals surface area (Å²) in [7, 11) is -3.73. The van der Waals surface area contributed by atoms with Crippen LogP contribution in [0.4, 0.5) is 10.8 Å². The van der Waals surface area contributed by atoms with Crippen LogP contribution in [0.2, 0.25) is 0 Å². The van der Waals surface area contributed by atoms with Gasteiger partial charge in [-0.1, -0.05) is 102 Å². The third kappa shape index (κ3) is 6.14. The number of rotatable bonds is 9. The molecule has 0 aliphatic carbocycles. The zero-order chi connectivity index (χ0) is 25.7. The lowest BCUT2D eigenvalue weighted by Crippen LogP contribution is -2.30. The van der Waals surface area contributed by atoms with E-state index in [-0.39, 0.29) is 4.90 Å². The fraction of sp³-hybridized carbons (Fsp3) is 0.100. The Morgan fingerprint density at radius 3 is 1.89 bits per heavy atom. The van der Waals surface area contributed by atoms with E-state index in [4.69, 9.17) is 0 Å². The molecule has 0 unspecified atom stereocenters. The lowest BCUT2D eigenvalue weighted by Gasteiger charge is -2.23. The summed E-state index contributed by atoms with van der Waals surface area (Å²) in [5.41, 5.74) is 4.98. The minimum atomic E-state index is -3.73. The van der Waals surface area contributed by atoms with Gasteiger partial charge in [-0.3, -0.25) is 0 Å². The second kappa shape index (κ2) is 11.1. The van der Waals surface area contributed by atoms with Crippen molar-refractivity contribution >= 4 is 32.2 Å². The number of aromatic nitrogens is 1. The van der Waals surface area contributed by atoms with Crippen LogP contribution in [0.15, 0.2) is 120 Å². The van der Waals surface area contributed by atoms with Gasteiger partial charge in [-0.15, -0.1) is 0 Å². The number of hydrogen-bond donors (Lipinski definition) is 1. The van der Waals surface area contributed by atoms with Crippen molar-refractivity contribution in [3.05, 3.63) is 132 Å². The molecule has 5 aromatic rings. The Bertz CT molecular complexity index is 1510. The Morgan fingerprint density at radius 1 is 0.757 bits per heavy atom. The van der Waals surface area contributed by atoms with Crippen molar-refractivity contribution < 1.29 is 8.42 Å². The van der Waals surface area contributed by atoms with E-state index in [9.17, 15) is 8.42 Å². The summed E-state index contributed by atoms with van der Waals surface area (Å²) in [6.07, 6.45) is 1.81. The molecule has 0 spiro atoms. The van der Waals surface area contributed by atoms with E-state index in [1.54, 1.807) is 12.1 Å². The minimum absolute atomic E-state index is 0.269.